The van der Waals surface area contributed by atoms with Crippen LogP contribution in [0.3, 0.4) is 0 Å². The van der Waals surface area contributed by atoms with Crippen molar-refractivity contribution in [1.29, 1.82) is 0 Å². The molecule has 0 aliphatic rings. The van der Waals surface area contributed by atoms with Gasteiger partial charge in [-0.1, -0.05) is 24.3 Å². The van der Waals surface area contributed by atoms with E-state index in [2.05, 4.69) is 15.4 Å². The van der Waals surface area contributed by atoms with Crippen LogP contribution in [0.1, 0.15) is 12.5 Å². The molecular weight excluding hydrogens is 302 g/mol. The zero-order chi connectivity index (χ0) is 16.8. The van der Waals surface area contributed by atoms with Gasteiger partial charge < -0.3 is 15.4 Å². The lowest BCUT2D eigenvalue weighted by Crippen LogP contribution is -2.32. The van der Waals surface area contributed by atoms with Crippen LogP contribution in [-0.2, 0) is 4.79 Å². The van der Waals surface area contributed by atoms with Gasteiger partial charge in [-0.15, -0.1) is 0 Å². The Morgan fingerprint density at radius 3 is 2.57 bits per heavy atom. The Hall–Kier alpha value is -2.63. The molecule has 4 nitrogen and oxygen atoms in total. The molecule has 1 amide bonds. The maximum atomic E-state index is 12.4. The van der Waals surface area contributed by atoms with Crippen molar-refractivity contribution in [2.24, 2.45) is 0 Å². The molecule has 0 aliphatic heterocycles. The standard InChI is InChI=1S/C17H18F2N2O2/c1-11-6-5-7-13(10-11)20-12(2)16(22)21-14-8-3-4-9-15(14)23-17(18)19/h3-10,12,17,20H,1-2H3,(H,21,22). The van der Waals surface area contributed by atoms with Gasteiger partial charge in [-0.25, -0.2) is 0 Å². The Balaban J connectivity index is 2.04. The van der Waals surface area contributed by atoms with E-state index in [4.69, 9.17) is 0 Å². The lowest BCUT2D eigenvalue weighted by atomic mass is 10.2. The molecule has 2 rings (SSSR count). The van der Waals surface area contributed by atoms with Gasteiger partial charge in [-0.2, -0.15) is 8.78 Å². The summed E-state index contributed by atoms with van der Waals surface area (Å²) in [5, 5.41) is 5.65. The zero-order valence-electron chi connectivity index (χ0n) is 12.8. The lowest BCUT2D eigenvalue weighted by Gasteiger charge is -2.17. The number of anilines is 2. The van der Waals surface area contributed by atoms with Crippen molar-refractivity contribution in [3.05, 3.63) is 54.1 Å². The second kappa shape index (κ2) is 7.58. The Labute approximate surface area is 133 Å². The monoisotopic (exact) mass is 320 g/mol. The zero-order valence-corrected chi connectivity index (χ0v) is 12.8. The summed E-state index contributed by atoms with van der Waals surface area (Å²) in [6.07, 6.45) is 0. The van der Waals surface area contributed by atoms with E-state index < -0.39 is 12.7 Å². The number of halogens is 2. The first-order valence-corrected chi connectivity index (χ1v) is 7.13. The number of rotatable bonds is 6. The molecule has 6 heteroatoms. The van der Waals surface area contributed by atoms with E-state index in [-0.39, 0.29) is 17.3 Å². The van der Waals surface area contributed by atoms with Crippen molar-refractivity contribution in [3.8, 4) is 5.75 Å². The molecule has 2 N–H and O–H groups in total. The number of alkyl halides is 2. The molecule has 0 aliphatic carbocycles. The predicted octanol–water partition coefficient (Wildman–Crippen LogP) is 4.04. The van der Waals surface area contributed by atoms with Gasteiger partial charge in [0.25, 0.3) is 0 Å². The molecule has 0 saturated carbocycles. The number of hydrogen-bond donors (Lipinski definition) is 2. The molecule has 0 fully saturated rings. The Morgan fingerprint density at radius 2 is 1.87 bits per heavy atom. The van der Waals surface area contributed by atoms with Crippen LogP contribution in [0.15, 0.2) is 48.5 Å². The molecule has 1 atom stereocenters. The highest BCUT2D eigenvalue weighted by molar-refractivity contribution is 5.97. The van der Waals surface area contributed by atoms with E-state index in [0.717, 1.165) is 11.3 Å². The number of amides is 1. The number of hydrogen-bond acceptors (Lipinski definition) is 3. The predicted molar refractivity (Wildman–Crippen MR) is 86.0 cm³/mol. The van der Waals surface area contributed by atoms with Gasteiger partial charge >= 0.3 is 6.61 Å². The minimum Gasteiger partial charge on any atom is -0.433 e. The van der Waals surface area contributed by atoms with Crippen molar-refractivity contribution >= 4 is 17.3 Å². The molecule has 0 saturated heterocycles. The fourth-order valence-electron chi connectivity index (χ4n) is 2.06. The van der Waals surface area contributed by atoms with Crippen LogP contribution < -0.4 is 15.4 Å². The first kappa shape index (κ1) is 16.7. The smallest absolute Gasteiger partial charge is 0.387 e. The van der Waals surface area contributed by atoms with E-state index in [1.807, 2.05) is 31.2 Å². The van der Waals surface area contributed by atoms with E-state index in [0.29, 0.717) is 0 Å². The highest BCUT2D eigenvalue weighted by Gasteiger charge is 2.16. The number of aryl methyl sites for hydroxylation is 1. The molecule has 0 radical (unpaired) electrons. The van der Waals surface area contributed by atoms with E-state index in [9.17, 15) is 13.6 Å². The van der Waals surface area contributed by atoms with E-state index in [1.165, 1.54) is 12.1 Å². The van der Waals surface area contributed by atoms with Crippen LogP contribution in [0, 0.1) is 6.92 Å². The summed E-state index contributed by atoms with van der Waals surface area (Å²) in [5.74, 6) is -0.421. The van der Waals surface area contributed by atoms with Gasteiger partial charge in [0.15, 0.2) is 0 Å². The summed E-state index contributed by atoms with van der Waals surface area (Å²) < 4.78 is 29.1. The average Bonchev–Trinajstić information content (AvgIpc) is 2.48. The van der Waals surface area contributed by atoms with Crippen molar-refractivity contribution in [2.45, 2.75) is 26.5 Å². The number of ether oxygens (including phenoxy) is 1. The van der Waals surface area contributed by atoms with Gasteiger partial charge in [0, 0.05) is 5.69 Å². The second-order valence-electron chi connectivity index (χ2n) is 5.10. The first-order valence-electron chi connectivity index (χ1n) is 7.13. The first-order chi connectivity index (χ1) is 11.0. The van der Waals surface area contributed by atoms with Crippen molar-refractivity contribution < 1.29 is 18.3 Å². The summed E-state index contributed by atoms with van der Waals surface area (Å²) in [7, 11) is 0. The molecule has 2 aromatic carbocycles. The maximum absolute atomic E-state index is 12.4. The largest absolute Gasteiger partial charge is 0.433 e. The minimum atomic E-state index is -2.95. The second-order valence-corrected chi connectivity index (χ2v) is 5.10. The van der Waals surface area contributed by atoms with Gasteiger partial charge in [0.2, 0.25) is 5.91 Å². The summed E-state index contributed by atoms with van der Waals surface area (Å²) in [6.45, 7) is 0.693. The molecule has 0 spiro atoms. The summed E-state index contributed by atoms with van der Waals surface area (Å²) in [6, 6.07) is 13.1. The van der Waals surface area contributed by atoms with Gasteiger partial charge in [0.1, 0.15) is 11.8 Å². The molecule has 0 heterocycles. The van der Waals surface area contributed by atoms with Crippen molar-refractivity contribution in [1.82, 2.24) is 0 Å². The average molecular weight is 320 g/mol. The van der Waals surface area contributed by atoms with Crippen molar-refractivity contribution in [3.63, 3.8) is 0 Å². The summed E-state index contributed by atoms with van der Waals surface area (Å²) in [5.41, 5.74) is 2.08. The Kier molecular flexibility index (Phi) is 5.51. The topological polar surface area (TPSA) is 50.4 Å². The third-order valence-electron chi connectivity index (χ3n) is 3.16. The van der Waals surface area contributed by atoms with Crippen LogP contribution in [0.25, 0.3) is 0 Å². The van der Waals surface area contributed by atoms with Crippen LogP contribution in [0.2, 0.25) is 0 Å². The molecule has 1 unspecified atom stereocenters. The van der Waals surface area contributed by atoms with Crippen LogP contribution in [-0.4, -0.2) is 18.6 Å². The van der Waals surface area contributed by atoms with Gasteiger partial charge in [-0.05, 0) is 43.7 Å². The molecule has 23 heavy (non-hydrogen) atoms. The summed E-state index contributed by atoms with van der Waals surface area (Å²) >= 11 is 0. The highest BCUT2D eigenvalue weighted by Crippen LogP contribution is 2.25. The molecule has 122 valence electrons. The van der Waals surface area contributed by atoms with E-state index >= 15 is 0 Å². The Morgan fingerprint density at radius 1 is 1.13 bits per heavy atom. The fourth-order valence-corrected chi connectivity index (χ4v) is 2.06. The molecule has 2 aromatic rings. The number of para-hydroxylation sites is 2. The number of benzene rings is 2. The lowest BCUT2D eigenvalue weighted by molar-refractivity contribution is -0.116. The third-order valence-corrected chi connectivity index (χ3v) is 3.16. The molecule has 0 bridgehead atoms. The minimum absolute atomic E-state index is 0.0707. The van der Waals surface area contributed by atoms with Crippen LogP contribution in [0.5, 0.6) is 5.75 Å². The highest BCUT2D eigenvalue weighted by atomic mass is 19.3. The Bertz CT molecular complexity index is 677. The van der Waals surface area contributed by atoms with Gasteiger partial charge in [-0.3, -0.25) is 4.79 Å². The van der Waals surface area contributed by atoms with Crippen LogP contribution in [0.4, 0.5) is 20.2 Å². The van der Waals surface area contributed by atoms with Crippen LogP contribution >= 0.6 is 0 Å². The third kappa shape index (κ3) is 4.95. The van der Waals surface area contributed by atoms with E-state index in [1.54, 1.807) is 19.1 Å². The van der Waals surface area contributed by atoms with Crippen molar-refractivity contribution in [2.75, 3.05) is 10.6 Å². The molecule has 0 aromatic heterocycles. The van der Waals surface area contributed by atoms with Gasteiger partial charge in [0.05, 0.1) is 5.69 Å². The number of carbonyl (C=O) groups excluding carboxylic acids is 1. The quantitative estimate of drug-likeness (QED) is 0.845. The number of carbonyl (C=O) groups is 1. The maximum Gasteiger partial charge on any atom is 0.387 e. The SMILES string of the molecule is Cc1cccc(NC(C)C(=O)Nc2ccccc2OC(F)F)c1. The summed E-state index contributed by atoms with van der Waals surface area (Å²) in [4.78, 5) is 12.2. The normalized spacial score (nSPS) is 11.9. The number of nitrogens with one attached hydrogen (secondary N) is 2. The molecular formula is C17H18F2N2O2. The fraction of sp³-hybridized carbons (Fsp3) is 0.235.